The first-order chi connectivity index (χ1) is 11.1. The van der Waals surface area contributed by atoms with E-state index in [0.717, 1.165) is 44.9 Å². The highest BCUT2D eigenvalue weighted by Crippen LogP contribution is 2.12. The van der Waals surface area contributed by atoms with Crippen LogP contribution in [0.15, 0.2) is 24.3 Å². The maximum absolute atomic E-state index is 10.9. The van der Waals surface area contributed by atoms with Crippen molar-refractivity contribution in [3.8, 4) is 0 Å². The SMILES string of the molecule is CC/C=C\C/C=C\CC(O)C(O)CCCCCCCC(=O)OC. The summed E-state index contributed by atoms with van der Waals surface area (Å²) in [6.07, 6.45) is 15.2. The number of esters is 1. The van der Waals surface area contributed by atoms with E-state index >= 15 is 0 Å². The second-order valence-corrected chi connectivity index (χ2v) is 5.84. The van der Waals surface area contributed by atoms with Crippen molar-refractivity contribution >= 4 is 5.97 Å². The van der Waals surface area contributed by atoms with Crippen LogP contribution in [0.3, 0.4) is 0 Å². The minimum Gasteiger partial charge on any atom is -0.469 e. The maximum atomic E-state index is 10.9. The lowest BCUT2D eigenvalue weighted by Gasteiger charge is -2.16. The molecule has 2 unspecified atom stereocenters. The Morgan fingerprint density at radius 1 is 0.957 bits per heavy atom. The maximum Gasteiger partial charge on any atom is 0.305 e. The van der Waals surface area contributed by atoms with Crippen LogP contribution in [0.4, 0.5) is 0 Å². The van der Waals surface area contributed by atoms with Gasteiger partial charge in [-0.1, -0.05) is 56.9 Å². The second-order valence-electron chi connectivity index (χ2n) is 5.84. The van der Waals surface area contributed by atoms with Gasteiger partial charge in [0.05, 0.1) is 19.3 Å². The van der Waals surface area contributed by atoms with E-state index in [9.17, 15) is 15.0 Å². The molecule has 0 aromatic heterocycles. The molecule has 0 saturated heterocycles. The highest BCUT2D eigenvalue weighted by molar-refractivity contribution is 5.68. The molecule has 4 heteroatoms. The average Bonchev–Trinajstić information content (AvgIpc) is 2.56. The molecule has 0 amide bonds. The Bertz CT molecular complexity index is 336. The van der Waals surface area contributed by atoms with Crippen molar-refractivity contribution in [3.05, 3.63) is 24.3 Å². The van der Waals surface area contributed by atoms with Gasteiger partial charge in [0, 0.05) is 6.42 Å². The molecule has 0 heterocycles. The molecule has 0 saturated carbocycles. The van der Waals surface area contributed by atoms with Crippen LogP contribution in [-0.4, -0.2) is 35.5 Å². The first kappa shape index (κ1) is 21.9. The van der Waals surface area contributed by atoms with Gasteiger partial charge >= 0.3 is 5.97 Å². The van der Waals surface area contributed by atoms with Crippen molar-refractivity contribution in [2.45, 2.75) is 83.3 Å². The predicted molar refractivity (Wildman–Crippen MR) is 94.2 cm³/mol. The summed E-state index contributed by atoms with van der Waals surface area (Å²) in [6.45, 7) is 2.10. The Kier molecular flexibility index (Phi) is 15.0. The molecule has 134 valence electrons. The minimum absolute atomic E-state index is 0.151. The van der Waals surface area contributed by atoms with Crippen molar-refractivity contribution in [2.24, 2.45) is 0 Å². The lowest BCUT2D eigenvalue weighted by molar-refractivity contribution is -0.140. The lowest BCUT2D eigenvalue weighted by Crippen LogP contribution is -2.25. The molecule has 0 aliphatic heterocycles. The minimum atomic E-state index is -0.680. The molecule has 0 radical (unpaired) electrons. The summed E-state index contributed by atoms with van der Waals surface area (Å²) >= 11 is 0. The highest BCUT2D eigenvalue weighted by atomic mass is 16.5. The van der Waals surface area contributed by atoms with Crippen LogP contribution in [0, 0.1) is 0 Å². The standard InChI is InChI=1S/C19H34O4/c1-3-4-5-6-8-11-14-17(20)18(21)15-12-9-7-10-13-16-19(22)23-2/h4-5,8,11,17-18,20-21H,3,6-7,9-10,12-16H2,1-2H3/b5-4-,11-8-. The Morgan fingerprint density at radius 3 is 2.30 bits per heavy atom. The zero-order chi connectivity index (χ0) is 17.3. The Balaban J connectivity index is 3.55. The molecule has 2 N–H and O–H groups in total. The van der Waals surface area contributed by atoms with Crippen LogP contribution >= 0.6 is 0 Å². The van der Waals surface area contributed by atoms with E-state index in [0.29, 0.717) is 19.3 Å². The van der Waals surface area contributed by atoms with Crippen molar-refractivity contribution in [3.63, 3.8) is 0 Å². The molecule has 0 spiro atoms. The fourth-order valence-corrected chi connectivity index (χ4v) is 2.28. The third kappa shape index (κ3) is 14.2. The van der Waals surface area contributed by atoms with E-state index in [1.54, 1.807) is 0 Å². The van der Waals surface area contributed by atoms with E-state index in [1.807, 2.05) is 12.2 Å². The van der Waals surface area contributed by atoms with Gasteiger partial charge in [-0.25, -0.2) is 0 Å². The Morgan fingerprint density at radius 2 is 1.61 bits per heavy atom. The number of carbonyl (C=O) groups excluding carboxylic acids is 1. The van der Waals surface area contributed by atoms with Gasteiger partial charge in [0.25, 0.3) is 0 Å². The summed E-state index contributed by atoms with van der Waals surface area (Å²) in [5, 5.41) is 19.8. The number of rotatable bonds is 14. The normalized spacial score (nSPS) is 14.4. The number of ether oxygens (including phenoxy) is 1. The van der Waals surface area contributed by atoms with Crippen LogP contribution in [0.25, 0.3) is 0 Å². The number of hydrogen-bond acceptors (Lipinski definition) is 4. The third-order valence-electron chi connectivity index (χ3n) is 3.77. The number of aliphatic hydroxyl groups is 2. The van der Waals surface area contributed by atoms with Gasteiger partial charge in [-0.15, -0.1) is 0 Å². The molecule has 23 heavy (non-hydrogen) atoms. The Hall–Kier alpha value is -1.13. The first-order valence-corrected chi connectivity index (χ1v) is 8.84. The summed E-state index contributed by atoms with van der Waals surface area (Å²) in [5.41, 5.74) is 0. The van der Waals surface area contributed by atoms with Crippen LogP contribution in [-0.2, 0) is 9.53 Å². The number of hydrogen-bond donors (Lipinski definition) is 2. The van der Waals surface area contributed by atoms with Gasteiger partial charge in [0.15, 0.2) is 0 Å². The molecule has 0 aliphatic rings. The molecule has 0 bridgehead atoms. The van der Waals surface area contributed by atoms with Gasteiger partial charge < -0.3 is 14.9 Å². The average molecular weight is 326 g/mol. The van der Waals surface area contributed by atoms with Crippen molar-refractivity contribution in [2.75, 3.05) is 7.11 Å². The molecule has 0 aliphatic carbocycles. The predicted octanol–water partition coefficient (Wildman–Crippen LogP) is 3.91. The molecule has 2 atom stereocenters. The molecular weight excluding hydrogens is 292 g/mol. The van der Waals surface area contributed by atoms with Gasteiger partial charge in [-0.05, 0) is 32.1 Å². The summed E-state index contributed by atoms with van der Waals surface area (Å²) < 4.78 is 4.59. The molecule has 0 rings (SSSR count). The van der Waals surface area contributed by atoms with Crippen LogP contribution in [0.1, 0.15) is 71.1 Å². The summed E-state index contributed by atoms with van der Waals surface area (Å²) in [4.78, 5) is 10.9. The largest absolute Gasteiger partial charge is 0.469 e. The quantitative estimate of drug-likeness (QED) is 0.288. The van der Waals surface area contributed by atoms with E-state index in [4.69, 9.17) is 0 Å². The number of unbranched alkanes of at least 4 members (excludes halogenated alkanes) is 4. The van der Waals surface area contributed by atoms with E-state index in [-0.39, 0.29) is 5.97 Å². The molecule has 0 fully saturated rings. The van der Waals surface area contributed by atoms with E-state index < -0.39 is 12.2 Å². The molecule has 4 nitrogen and oxygen atoms in total. The summed E-state index contributed by atoms with van der Waals surface area (Å²) in [6, 6.07) is 0. The fourth-order valence-electron chi connectivity index (χ4n) is 2.28. The zero-order valence-corrected chi connectivity index (χ0v) is 14.7. The monoisotopic (exact) mass is 326 g/mol. The number of allylic oxidation sites excluding steroid dienone is 3. The Labute approximate surface area is 141 Å². The molecular formula is C19H34O4. The molecule has 0 aromatic rings. The third-order valence-corrected chi connectivity index (χ3v) is 3.77. The van der Waals surface area contributed by atoms with Crippen LogP contribution in [0.5, 0.6) is 0 Å². The highest BCUT2D eigenvalue weighted by Gasteiger charge is 2.13. The smallest absolute Gasteiger partial charge is 0.305 e. The van der Waals surface area contributed by atoms with Gasteiger partial charge in [-0.3, -0.25) is 4.79 Å². The fraction of sp³-hybridized carbons (Fsp3) is 0.737. The van der Waals surface area contributed by atoms with Crippen LogP contribution < -0.4 is 0 Å². The zero-order valence-electron chi connectivity index (χ0n) is 14.7. The van der Waals surface area contributed by atoms with Gasteiger partial charge in [0.2, 0.25) is 0 Å². The van der Waals surface area contributed by atoms with Crippen molar-refractivity contribution in [1.29, 1.82) is 0 Å². The van der Waals surface area contributed by atoms with Crippen molar-refractivity contribution in [1.82, 2.24) is 0 Å². The molecule has 0 aromatic carbocycles. The lowest BCUT2D eigenvalue weighted by atomic mass is 10.0. The number of methoxy groups -OCH3 is 1. The van der Waals surface area contributed by atoms with Gasteiger partial charge in [-0.2, -0.15) is 0 Å². The summed E-state index contributed by atoms with van der Waals surface area (Å²) in [7, 11) is 1.41. The van der Waals surface area contributed by atoms with Crippen LogP contribution in [0.2, 0.25) is 0 Å². The van der Waals surface area contributed by atoms with Crippen molar-refractivity contribution < 1.29 is 19.7 Å². The number of carbonyl (C=O) groups is 1. The summed E-state index contributed by atoms with van der Waals surface area (Å²) in [5.74, 6) is -0.151. The first-order valence-electron chi connectivity index (χ1n) is 8.84. The van der Waals surface area contributed by atoms with E-state index in [2.05, 4.69) is 23.8 Å². The van der Waals surface area contributed by atoms with E-state index in [1.165, 1.54) is 7.11 Å². The topological polar surface area (TPSA) is 66.8 Å². The van der Waals surface area contributed by atoms with Gasteiger partial charge in [0.1, 0.15) is 0 Å². The number of aliphatic hydroxyl groups excluding tert-OH is 2. The second kappa shape index (κ2) is 15.8.